The molecule has 2 N–H and O–H groups in total. The Kier molecular flexibility index (Phi) is 2.90. The summed E-state index contributed by atoms with van der Waals surface area (Å²) in [6.45, 7) is 0.879. The first-order chi connectivity index (χ1) is 6.40. The van der Waals surface area contributed by atoms with Gasteiger partial charge in [-0.2, -0.15) is 11.8 Å². The molecule has 0 amide bonds. The molecule has 1 aromatic heterocycles. The Morgan fingerprint density at radius 1 is 1.77 bits per heavy atom. The van der Waals surface area contributed by atoms with Gasteiger partial charge in [0.05, 0.1) is 5.25 Å². The molecule has 3 nitrogen and oxygen atoms in total. The van der Waals surface area contributed by atoms with Gasteiger partial charge in [0.15, 0.2) is 0 Å². The predicted octanol–water partition coefficient (Wildman–Crippen LogP) is 1.70. The number of nitrogens with zero attached hydrogens (tertiary/aromatic N) is 1. The molecule has 1 unspecified atom stereocenters. The fourth-order valence-electron chi connectivity index (χ4n) is 1.61. The van der Waals surface area contributed by atoms with Crippen molar-refractivity contribution < 1.29 is 0 Å². The SMILES string of the molecule is CNCc1cnc(C2CCCS2)[nH]1. The van der Waals surface area contributed by atoms with Gasteiger partial charge in [0, 0.05) is 18.4 Å². The van der Waals surface area contributed by atoms with Crippen LogP contribution < -0.4 is 5.32 Å². The fourth-order valence-corrected chi connectivity index (χ4v) is 2.84. The maximum Gasteiger partial charge on any atom is 0.119 e. The van der Waals surface area contributed by atoms with E-state index in [1.54, 1.807) is 0 Å². The van der Waals surface area contributed by atoms with Gasteiger partial charge in [-0.25, -0.2) is 4.98 Å². The van der Waals surface area contributed by atoms with E-state index in [4.69, 9.17) is 0 Å². The summed E-state index contributed by atoms with van der Waals surface area (Å²) in [5.41, 5.74) is 1.19. The van der Waals surface area contributed by atoms with Crippen molar-refractivity contribution in [1.82, 2.24) is 15.3 Å². The number of hydrogen-bond donors (Lipinski definition) is 2. The summed E-state index contributed by atoms with van der Waals surface area (Å²) >= 11 is 2.01. The second-order valence-electron chi connectivity index (χ2n) is 3.33. The molecule has 0 aliphatic carbocycles. The Morgan fingerprint density at radius 3 is 3.38 bits per heavy atom. The number of H-pyrrole nitrogens is 1. The van der Waals surface area contributed by atoms with Crippen LogP contribution in [0.1, 0.15) is 29.6 Å². The molecule has 0 radical (unpaired) electrons. The van der Waals surface area contributed by atoms with E-state index in [0.29, 0.717) is 5.25 Å². The highest BCUT2D eigenvalue weighted by atomic mass is 32.2. The summed E-state index contributed by atoms with van der Waals surface area (Å²) in [5.74, 6) is 2.44. The Balaban J connectivity index is 2.03. The van der Waals surface area contributed by atoms with Crippen LogP contribution in [-0.4, -0.2) is 22.8 Å². The molecule has 1 aliphatic rings. The highest BCUT2D eigenvalue weighted by molar-refractivity contribution is 7.99. The lowest BCUT2D eigenvalue weighted by molar-refractivity contribution is 0.768. The van der Waals surface area contributed by atoms with Crippen LogP contribution in [0.3, 0.4) is 0 Å². The first-order valence-electron chi connectivity index (χ1n) is 4.70. The molecule has 72 valence electrons. The van der Waals surface area contributed by atoms with Crippen LogP contribution in [-0.2, 0) is 6.54 Å². The van der Waals surface area contributed by atoms with Crippen LogP contribution >= 0.6 is 11.8 Å². The standard InChI is InChI=1S/C9H15N3S/c1-10-5-7-6-11-9(12-7)8-3-2-4-13-8/h6,8,10H,2-5H2,1H3,(H,11,12). The van der Waals surface area contributed by atoms with Gasteiger partial charge >= 0.3 is 0 Å². The van der Waals surface area contributed by atoms with Crippen LogP contribution in [0.25, 0.3) is 0 Å². The van der Waals surface area contributed by atoms with Crippen molar-refractivity contribution >= 4 is 11.8 Å². The number of nitrogens with one attached hydrogen (secondary N) is 2. The third kappa shape index (κ3) is 2.06. The van der Waals surface area contributed by atoms with E-state index in [1.165, 1.54) is 24.3 Å². The third-order valence-corrected chi connectivity index (χ3v) is 3.64. The molecule has 1 saturated heterocycles. The van der Waals surface area contributed by atoms with Crippen LogP contribution in [0, 0.1) is 0 Å². The molecule has 2 rings (SSSR count). The van der Waals surface area contributed by atoms with Crippen LogP contribution in [0.5, 0.6) is 0 Å². The maximum absolute atomic E-state index is 4.40. The molecule has 2 heterocycles. The molecule has 1 aromatic rings. The average molecular weight is 197 g/mol. The molecular formula is C9H15N3S. The van der Waals surface area contributed by atoms with E-state index in [0.717, 1.165) is 12.4 Å². The smallest absolute Gasteiger partial charge is 0.119 e. The molecule has 1 atom stereocenters. The summed E-state index contributed by atoms with van der Waals surface area (Å²) in [6.07, 6.45) is 4.54. The second kappa shape index (κ2) is 4.15. The highest BCUT2D eigenvalue weighted by Gasteiger charge is 2.19. The lowest BCUT2D eigenvalue weighted by Gasteiger charge is -2.02. The van der Waals surface area contributed by atoms with Gasteiger partial charge in [-0.3, -0.25) is 0 Å². The van der Waals surface area contributed by atoms with E-state index in [1.807, 2.05) is 25.0 Å². The molecule has 4 heteroatoms. The third-order valence-electron chi connectivity index (χ3n) is 2.25. The molecule has 0 spiro atoms. The van der Waals surface area contributed by atoms with Crippen molar-refractivity contribution in [3.8, 4) is 0 Å². The monoisotopic (exact) mass is 197 g/mol. The minimum Gasteiger partial charge on any atom is -0.344 e. The van der Waals surface area contributed by atoms with Gasteiger partial charge < -0.3 is 10.3 Å². The molecule has 0 bridgehead atoms. The van der Waals surface area contributed by atoms with Gasteiger partial charge in [0.25, 0.3) is 0 Å². The van der Waals surface area contributed by atoms with E-state index < -0.39 is 0 Å². The van der Waals surface area contributed by atoms with Crippen molar-refractivity contribution in [3.63, 3.8) is 0 Å². The van der Waals surface area contributed by atoms with Crippen molar-refractivity contribution in [1.29, 1.82) is 0 Å². The number of thioether (sulfide) groups is 1. The van der Waals surface area contributed by atoms with Crippen LogP contribution in [0.15, 0.2) is 6.20 Å². The van der Waals surface area contributed by atoms with Crippen LogP contribution in [0.4, 0.5) is 0 Å². The molecular weight excluding hydrogens is 182 g/mol. The number of hydrogen-bond acceptors (Lipinski definition) is 3. The van der Waals surface area contributed by atoms with Crippen LogP contribution in [0.2, 0.25) is 0 Å². The first-order valence-corrected chi connectivity index (χ1v) is 5.75. The van der Waals surface area contributed by atoms with Gasteiger partial charge in [0.1, 0.15) is 5.82 Å². The van der Waals surface area contributed by atoms with E-state index in [-0.39, 0.29) is 0 Å². The Bertz CT molecular complexity index is 266. The molecule has 0 aromatic carbocycles. The summed E-state index contributed by atoms with van der Waals surface area (Å²) in [5, 5.41) is 3.73. The molecule has 1 fully saturated rings. The van der Waals surface area contributed by atoms with E-state index in [2.05, 4.69) is 15.3 Å². The molecule has 13 heavy (non-hydrogen) atoms. The largest absolute Gasteiger partial charge is 0.344 e. The zero-order chi connectivity index (χ0) is 9.10. The first kappa shape index (κ1) is 9.09. The summed E-state index contributed by atoms with van der Waals surface area (Å²) in [7, 11) is 1.95. The van der Waals surface area contributed by atoms with Gasteiger partial charge in [-0.1, -0.05) is 0 Å². The molecule has 1 aliphatic heterocycles. The normalized spacial score (nSPS) is 22.4. The van der Waals surface area contributed by atoms with Gasteiger partial charge in [-0.15, -0.1) is 0 Å². The van der Waals surface area contributed by atoms with Crippen molar-refractivity contribution in [3.05, 3.63) is 17.7 Å². The van der Waals surface area contributed by atoms with E-state index in [9.17, 15) is 0 Å². The van der Waals surface area contributed by atoms with Crippen molar-refractivity contribution in [2.45, 2.75) is 24.6 Å². The number of aromatic amines is 1. The number of rotatable bonds is 3. The Morgan fingerprint density at radius 2 is 2.69 bits per heavy atom. The number of imidazole rings is 1. The quantitative estimate of drug-likeness (QED) is 0.775. The Labute approximate surface area is 82.7 Å². The summed E-state index contributed by atoms with van der Waals surface area (Å²) in [6, 6.07) is 0. The topological polar surface area (TPSA) is 40.7 Å². The van der Waals surface area contributed by atoms with Crippen molar-refractivity contribution in [2.24, 2.45) is 0 Å². The minimum absolute atomic E-state index is 0.616. The fraction of sp³-hybridized carbons (Fsp3) is 0.667. The molecule has 0 saturated carbocycles. The van der Waals surface area contributed by atoms with Gasteiger partial charge in [0.2, 0.25) is 0 Å². The Hall–Kier alpha value is -0.480. The lowest BCUT2D eigenvalue weighted by Crippen LogP contribution is -2.05. The van der Waals surface area contributed by atoms with Crippen molar-refractivity contribution in [2.75, 3.05) is 12.8 Å². The second-order valence-corrected chi connectivity index (χ2v) is 4.64. The summed E-state index contributed by atoms with van der Waals surface area (Å²) in [4.78, 5) is 7.76. The summed E-state index contributed by atoms with van der Waals surface area (Å²) < 4.78 is 0. The zero-order valence-electron chi connectivity index (χ0n) is 7.84. The highest BCUT2D eigenvalue weighted by Crippen LogP contribution is 2.38. The maximum atomic E-state index is 4.40. The lowest BCUT2D eigenvalue weighted by atomic mass is 10.2. The number of aromatic nitrogens is 2. The zero-order valence-corrected chi connectivity index (χ0v) is 8.66. The average Bonchev–Trinajstić information content (AvgIpc) is 2.70. The minimum atomic E-state index is 0.616. The van der Waals surface area contributed by atoms with E-state index >= 15 is 0 Å². The van der Waals surface area contributed by atoms with Gasteiger partial charge in [-0.05, 0) is 25.6 Å². The predicted molar refractivity (Wildman–Crippen MR) is 55.8 cm³/mol.